The number of anilines is 1. The molecule has 2 rings (SSSR count). The van der Waals surface area contributed by atoms with Gasteiger partial charge in [-0.3, -0.25) is 0 Å². The SMILES string of the molecule is CCCCN1CCC(C(=O)O)=Cc2cc(Br)ccc21. The van der Waals surface area contributed by atoms with E-state index in [0.29, 0.717) is 12.0 Å². The van der Waals surface area contributed by atoms with Gasteiger partial charge < -0.3 is 10.0 Å². The number of aliphatic carboxylic acids is 1. The van der Waals surface area contributed by atoms with Crippen LogP contribution in [0.5, 0.6) is 0 Å². The Morgan fingerprint density at radius 3 is 2.95 bits per heavy atom. The average Bonchev–Trinajstić information content (AvgIpc) is 2.55. The van der Waals surface area contributed by atoms with E-state index in [2.05, 4.69) is 33.8 Å². The number of carboxylic acid groups (broad SMARTS) is 1. The van der Waals surface area contributed by atoms with E-state index in [-0.39, 0.29) is 0 Å². The minimum absolute atomic E-state index is 0.485. The Morgan fingerprint density at radius 1 is 1.47 bits per heavy atom. The highest BCUT2D eigenvalue weighted by Crippen LogP contribution is 2.30. The fourth-order valence-electron chi connectivity index (χ4n) is 2.31. The molecule has 0 aliphatic carbocycles. The summed E-state index contributed by atoms with van der Waals surface area (Å²) in [5, 5.41) is 9.22. The number of benzene rings is 1. The Hall–Kier alpha value is -1.29. The molecule has 0 radical (unpaired) electrons. The van der Waals surface area contributed by atoms with Crippen molar-refractivity contribution in [2.75, 3.05) is 18.0 Å². The van der Waals surface area contributed by atoms with Crippen LogP contribution in [0.2, 0.25) is 0 Å². The van der Waals surface area contributed by atoms with Gasteiger partial charge in [0.2, 0.25) is 0 Å². The van der Waals surface area contributed by atoms with Crippen LogP contribution < -0.4 is 4.90 Å². The van der Waals surface area contributed by atoms with Crippen LogP contribution in [0.4, 0.5) is 5.69 Å². The molecule has 0 aromatic heterocycles. The number of hydrogen-bond donors (Lipinski definition) is 1. The minimum Gasteiger partial charge on any atom is -0.478 e. The van der Waals surface area contributed by atoms with Crippen LogP contribution in [-0.2, 0) is 4.79 Å². The van der Waals surface area contributed by atoms with Gasteiger partial charge in [0.1, 0.15) is 0 Å². The molecule has 0 unspecified atom stereocenters. The quantitative estimate of drug-likeness (QED) is 0.912. The molecule has 1 aromatic rings. The highest BCUT2D eigenvalue weighted by Gasteiger charge is 2.18. The first-order valence-corrected chi connectivity index (χ1v) is 7.39. The lowest BCUT2D eigenvalue weighted by Crippen LogP contribution is -2.26. The Kier molecular flexibility index (Phi) is 4.64. The van der Waals surface area contributed by atoms with E-state index >= 15 is 0 Å². The summed E-state index contributed by atoms with van der Waals surface area (Å²) in [7, 11) is 0. The monoisotopic (exact) mass is 323 g/mol. The van der Waals surface area contributed by atoms with Gasteiger partial charge in [-0.25, -0.2) is 4.79 Å². The molecular weight excluding hydrogens is 306 g/mol. The fraction of sp³-hybridized carbons (Fsp3) is 0.400. The Balaban J connectivity index is 2.38. The van der Waals surface area contributed by atoms with Gasteiger partial charge in [-0.15, -0.1) is 0 Å². The van der Waals surface area contributed by atoms with Crippen molar-refractivity contribution >= 4 is 33.7 Å². The molecule has 0 saturated carbocycles. The van der Waals surface area contributed by atoms with Gasteiger partial charge in [0.15, 0.2) is 0 Å². The summed E-state index contributed by atoms with van der Waals surface area (Å²) < 4.78 is 0.976. The van der Waals surface area contributed by atoms with Crippen molar-refractivity contribution in [2.45, 2.75) is 26.2 Å². The largest absolute Gasteiger partial charge is 0.478 e. The van der Waals surface area contributed by atoms with Crippen LogP contribution in [0.3, 0.4) is 0 Å². The number of rotatable bonds is 4. The molecule has 1 aromatic carbocycles. The first-order valence-electron chi connectivity index (χ1n) is 6.60. The van der Waals surface area contributed by atoms with Gasteiger partial charge in [0.25, 0.3) is 0 Å². The maximum Gasteiger partial charge on any atom is 0.331 e. The van der Waals surface area contributed by atoms with Gasteiger partial charge in [0, 0.05) is 28.8 Å². The van der Waals surface area contributed by atoms with Gasteiger partial charge in [-0.05, 0) is 42.7 Å². The molecule has 1 aliphatic heterocycles. The van der Waals surface area contributed by atoms with Crippen molar-refractivity contribution in [3.63, 3.8) is 0 Å². The highest BCUT2D eigenvalue weighted by atomic mass is 79.9. The molecule has 3 nitrogen and oxygen atoms in total. The number of fused-ring (bicyclic) bond motifs is 1. The summed E-state index contributed by atoms with van der Waals surface area (Å²) in [6.45, 7) is 3.92. The predicted octanol–water partition coefficient (Wildman–Crippen LogP) is 3.93. The molecule has 19 heavy (non-hydrogen) atoms. The first kappa shape index (κ1) is 14.1. The zero-order valence-electron chi connectivity index (χ0n) is 11.0. The third-order valence-electron chi connectivity index (χ3n) is 3.37. The number of carbonyl (C=O) groups is 1. The third kappa shape index (κ3) is 3.38. The van der Waals surface area contributed by atoms with Crippen molar-refractivity contribution < 1.29 is 9.90 Å². The van der Waals surface area contributed by atoms with E-state index in [1.165, 1.54) is 0 Å². The number of nitrogens with zero attached hydrogens (tertiary/aromatic N) is 1. The third-order valence-corrected chi connectivity index (χ3v) is 3.86. The van der Waals surface area contributed by atoms with Crippen LogP contribution in [0.1, 0.15) is 31.7 Å². The summed E-state index contributed by atoms with van der Waals surface area (Å²) in [5.74, 6) is -0.816. The second-order valence-corrected chi connectivity index (χ2v) is 5.68. The van der Waals surface area contributed by atoms with E-state index in [4.69, 9.17) is 0 Å². The summed E-state index contributed by atoms with van der Waals surface area (Å²) in [6.07, 6.45) is 4.65. The maximum atomic E-state index is 11.2. The molecule has 0 bridgehead atoms. The number of halogens is 1. The second-order valence-electron chi connectivity index (χ2n) is 4.77. The van der Waals surface area contributed by atoms with Crippen LogP contribution >= 0.6 is 15.9 Å². The first-order chi connectivity index (χ1) is 9.11. The molecule has 0 spiro atoms. The van der Waals surface area contributed by atoms with Gasteiger partial charge in [0.05, 0.1) is 0 Å². The van der Waals surface area contributed by atoms with Crippen LogP contribution in [-0.4, -0.2) is 24.2 Å². The normalized spacial score (nSPS) is 14.6. The zero-order chi connectivity index (χ0) is 13.8. The number of hydrogen-bond acceptors (Lipinski definition) is 2. The summed E-state index contributed by atoms with van der Waals surface area (Å²) >= 11 is 3.45. The molecule has 1 aliphatic rings. The lowest BCUT2D eigenvalue weighted by atomic mass is 10.1. The van der Waals surface area contributed by atoms with E-state index < -0.39 is 5.97 Å². The lowest BCUT2D eigenvalue weighted by Gasteiger charge is -2.24. The molecule has 0 saturated heterocycles. The molecule has 4 heteroatoms. The molecule has 0 atom stereocenters. The molecule has 0 fully saturated rings. The van der Waals surface area contributed by atoms with Crippen molar-refractivity contribution in [3.05, 3.63) is 33.8 Å². The topological polar surface area (TPSA) is 40.5 Å². The zero-order valence-corrected chi connectivity index (χ0v) is 12.6. The molecule has 1 N–H and O–H groups in total. The fourth-order valence-corrected chi connectivity index (χ4v) is 2.69. The van der Waals surface area contributed by atoms with Crippen LogP contribution in [0.25, 0.3) is 6.08 Å². The predicted molar refractivity (Wildman–Crippen MR) is 81.5 cm³/mol. The van der Waals surface area contributed by atoms with Crippen molar-refractivity contribution in [1.29, 1.82) is 0 Å². The van der Waals surface area contributed by atoms with Crippen LogP contribution in [0.15, 0.2) is 28.2 Å². The highest BCUT2D eigenvalue weighted by molar-refractivity contribution is 9.10. The summed E-state index contributed by atoms with van der Waals surface area (Å²) in [5.41, 5.74) is 2.60. The lowest BCUT2D eigenvalue weighted by molar-refractivity contribution is -0.132. The molecule has 0 amide bonds. The van der Waals surface area contributed by atoms with Crippen LogP contribution in [0, 0.1) is 0 Å². The Bertz CT molecular complexity index is 511. The molecule has 1 heterocycles. The van der Waals surface area contributed by atoms with E-state index in [1.54, 1.807) is 6.08 Å². The number of carboxylic acids is 1. The van der Waals surface area contributed by atoms with Gasteiger partial charge in [-0.2, -0.15) is 0 Å². The van der Waals surface area contributed by atoms with E-state index in [0.717, 1.165) is 41.7 Å². The smallest absolute Gasteiger partial charge is 0.331 e. The van der Waals surface area contributed by atoms with Crippen molar-refractivity contribution in [3.8, 4) is 0 Å². The minimum atomic E-state index is -0.816. The summed E-state index contributed by atoms with van der Waals surface area (Å²) in [4.78, 5) is 13.5. The second kappa shape index (κ2) is 6.24. The standard InChI is InChI=1S/C15H18BrNO2/c1-2-3-7-17-8-6-11(15(18)19)9-12-10-13(16)4-5-14(12)17/h4-5,9-10H,2-3,6-8H2,1H3,(H,18,19). The van der Waals surface area contributed by atoms with Crippen molar-refractivity contribution in [1.82, 2.24) is 0 Å². The van der Waals surface area contributed by atoms with E-state index in [9.17, 15) is 9.90 Å². The number of unbranched alkanes of at least 4 members (excludes halogenated alkanes) is 1. The summed E-state index contributed by atoms with van der Waals surface area (Å²) in [6, 6.07) is 6.07. The average molecular weight is 324 g/mol. The Labute approximate surface area is 122 Å². The van der Waals surface area contributed by atoms with Crippen molar-refractivity contribution in [2.24, 2.45) is 0 Å². The maximum absolute atomic E-state index is 11.2. The van der Waals surface area contributed by atoms with Gasteiger partial charge in [-0.1, -0.05) is 29.3 Å². The Morgan fingerprint density at radius 2 is 2.26 bits per heavy atom. The molecular formula is C15H18BrNO2. The molecule has 102 valence electrons. The van der Waals surface area contributed by atoms with Gasteiger partial charge >= 0.3 is 5.97 Å². The van der Waals surface area contributed by atoms with E-state index in [1.807, 2.05) is 12.1 Å².